The normalized spacial score (nSPS) is 15.2. The van der Waals surface area contributed by atoms with E-state index in [0.717, 1.165) is 54.6 Å². The van der Waals surface area contributed by atoms with Gasteiger partial charge >= 0.3 is 0 Å². The number of rotatable bonds is 9. The Morgan fingerprint density at radius 1 is 1.11 bits per heavy atom. The van der Waals surface area contributed by atoms with Crippen molar-refractivity contribution in [2.75, 3.05) is 49.9 Å². The Morgan fingerprint density at radius 3 is 2.63 bits per heavy atom. The minimum absolute atomic E-state index is 0.0470. The second-order valence-corrected chi connectivity index (χ2v) is 10.7. The van der Waals surface area contributed by atoms with Gasteiger partial charge in [0, 0.05) is 66.3 Å². The highest BCUT2D eigenvalue weighted by Crippen LogP contribution is 2.23. The first kappa shape index (κ1) is 25.4. The van der Waals surface area contributed by atoms with Gasteiger partial charge < -0.3 is 14.6 Å². The standard InChI is InChI=1S/C26H31ClN4O3S/c1-19-5-3-6-21(15-19)26-29-24(20(2)34-26)17-35(33)18-25(32)28-9-10-30-11-13-31(14-12-30)23-8-4-7-22(27)16-23/h3-8,15-16H,9-14,17-18H2,1-2H3,(H,28,32)/t35-/m0/s1. The average molecular weight is 515 g/mol. The number of halogens is 1. The molecule has 1 fully saturated rings. The zero-order chi connectivity index (χ0) is 24.8. The molecule has 3 aromatic rings. The smallest absolute Gasteiger partial charge is 0.232 e. The maximum atomic E-state index is 12.6. The summed E-state index contributed by atoms with van der Waals surface area (Å²) in [7, 11) is -1.36. The van der Waals surface area contributed by atoms with Gasteiger partial charge in [0.15, 0.2) is 0 Å². The Labute approximate surface area is 213 Å². The molecule has 0 aliphatic carbocycles. The van der Waals surface area contributed by atoms with Crippen LogP contribution in [0.15, 0.2) is 52.9 Å². The molecule has 1 aromatic heterocycles. The van der Waals surface area contributed by atoms with E-state index < -0.39 is 10.8 Å². The van der Waals surface area contributed by atoms with Crippen LogP contribution in [0.4, 0.5) is 5.69 Å². The van der Waals surface area contributed by atoms with Crippen LogP contribution in [0.2, 0.25) is 5.02 Å². The lowest BCUT2D eigenvalue weighted by Gasteiger charge is -2.36. The minimum atomic E-state index is -1.36. The fraction of sp³-hybridized carbons (Fsp3) is 0.385. The molecule has 2 aromatic carbocycles. The number of piperazine rings is 1. The van der Waals surface area contributed by atoms with Crippen molar-refractivity contribution >= 4 is 34.0 Å². The monoisotopic (exact) mass is 514 g/mol. The number of anilines is 1. The molecule has 186 valence electrons. The Kier molecular flexibility index (Phi) is 8.59. The third-order valence-corrected chi connectivity index (χ3v) is 7.46. The highest BCUT2D eigenvalue weighted by atomic mass is 35.5. The molecule has 1 amide bonds. The molecule has 1 aliphatic heterocycles. The van der Waals surface area contributed by atoms with Crippen LogP contribution in [0.5, 0.6) is 0 Å². The van der Waals surface area contributed by atoms with Crippen molar-refractivity contribution in [1.82, 2.24) is 15.2 Å². The highest BCUT2D eigenvalue weighted by molar-refractivity contribution is 7.84. The minimum Gasteiger partial charge on any atom is -0.441 e. The zero-order valence-electron chi connectivity index (χ0n) is 20.1. The van der Waals surface area contributed by atoms with E-state index in [1.807, 2.05) is 56.3 Å². The van der Waals surface area contributed by atoms with Gasteiger partial charge in [0.05, 0.1) is 11.4 Å². The highest BCUT2D eigenvalue weighted by Gasteiger charge is 2.19. The molecule has 0 saturated carbocycles. The Morgan fingerprint density at radius 2 is 1.89 bits per heavy atom. The Hall–Kier alpha value is -2.68. The Balaban J connectivity index is 1.18. The number of aryl methyl sites for hydroxylation is 2. The van der Waals surface area contributed by atoms with Gasteiger partial charge in [-0.15, -0.1) is 0 Å². The van der Waals surface area contributed by atoms with Gasteiger partial charge in [0.1, 0.15) is 11.5 Å². The van der Waals surface area contributed by atoms with Crippen LogP contribution in [-0.2, 0) is 21.3 Å². The number of nitrogens with zero attached hydrogens (tertiary/aromatic N) is 3. The van der Waals surface area contributed by atoms with Crippen LogP contribution in [0, 0.1) is 13.8 Å². The van der Waals surface area contributed by atoms with Crippen LogP contribution in [-0.4, -0.2) is 65.0 Å². The number of hydrogen-bond donors (Lipinski definition) is 1. The second-order valence-electron chi connectivity index (χ2n) is 8.78. The van der Waals surface area contributed by atoms with E-state index in [9.17, 15) is 9.00 Å². The number of carbonyl (C=O) groups is 1. The number of nitrogens with one attached hydrogen (secondary N) is 1. The molecule has 2 heterocycles. The molecule has 1 N–H and O–H groups in total. The summed E-state index contributed by atoms with van der Waals surface area (Å²) >= 11 is 6.10. The SMILES string of the molecule is Cc1cccc(-c2nc(C[S@](=O)CC(=O)NCCN3CCN(c4cccc(Cl)c4)CC3)c(C)o2)c1. The van der Waals surface area contributed by atoms with Crippen LogP contribution in [0.1, 0.15) is 17.0 Å². The number of hydrogen-bond acceptors (Lipinski definition) is 6. The molecule has 1 saturated heterocycles. The quantitative estimate of drug-likeness (QED) is 0.468. The predicted octanol–water partition coefficient (Wildman–Crippen LogP) is 3.80. The van der Waals surface area contributed by atoms with Gasteiger partial charge in [-0.3, -0.25) is 13.9 Å². The van der Waals surface area contributed by atoms with Crippen LogP contribution in [0.3, 0.4) is 0 Å². The topological polar surface area (TPSA) is 78.7 Å². The number of benzene rings is 2. The molecular weight excluding hydrogens is 484 g/mol. The van der Waals surface area contributed by atoms with Gasteiger partial charge in [0.25, 0.3) is 0 Å². The molecule has 1 aliphatic rings. The molecule has 0 unspecified atom stereocenters. The lowest BCUT2D eigenvalue weighted by Crippen LogP contribution is -2.48. The van der Waals surface area contributed by atoms with Crippen LogP contribution in [0.25, 0.3) is 11.5 Å². The largest absolute Gasteiger partial charge is 0.441 e. The number of oxazole rings is 1. The first-order valence-electron chi connectivity index (χ1n) is 11.8. The number of amides is 1. The van der Waals surface area contributed by atoms with Gasteiger partial charge in [0.2, 0.25) is 11.8 Å². The van der Waals surface area contributed by atoms with Crippen molar-refractivity contribution in [2.45, 2.75) is 19.6 Å². The Bertz CT molecular complexity index is 1190. The molecule has 1 atom stereocenters. The number of carbonyl (C=O) groups excluding carboxylic acids is 1. The fourth-order valence-electron chi connectivity index (χ4n) is 4.12. The molecule has 4 rings (SSSR count). The molecule has 0 bridgehead atoms. The van der Waals surface area contributed by atoms with Crippen molar-refractivity contribution in [3.63, 3.8) is 0 Å². The molecular formula is C26H31ClN4O3S. The average Bonchev–Trinajstić information content (AvgIpc) is 3.19. The molecule has 9 heteroatoms. The second kappa shape index (κ2) is 11.8. The summed E-state index contributed by atoms with van der Waals surface area (Å²) in [4.78, 5) is 21.5. The van der Waals surface area contributed by atoms with Crippen molar-refractivity contribution in [3.8, 4) is 11.5 Å². The summed E-state index contributed by atoms with van der Waals surface area (Å²) in [6, 6.07) is 15.8. The van der Waals surface area contributed by atoms with E-state index in [-0.39, 0.29) is 17.4 Å². The van der Waals surface area contributed by atoms with E-state index in [4.69, 9.17) is 16.0 Å². The van der Waals surface area contributed by atoms with Crippen LogP contribution >= 0.6 is 11.6 Å². The van der Waals surface area contributed by atoms with Gasteiger partial charge in [-0.05, 0) is 44.2 Å². The van der Waals surface area contributed by atoms with Crippen LogP contribution < -0.4 is 10.2 Å². The lowest BCUT2D eigenvalue weighted by molar-refractivity contribution is -0.118. The van der Waals surface area contributed by atoms with E-state index in [0.29, 0.717) is 23.9 Å². The summed E-state index contributed by atoms with van der Waals surface area (Å²) in [6.45, 7) is 8.80. The van der Waals surface area contributed by atoms with Crippen molar-refractivity contribution in [2.24, 2.45) is 0 Å². The maximum Gasteiger partial charge on any atom is 0.232 e. The number of aromatic nitrogens is 1. The maximum absolute atomic E-state index is 12.6. The third-order valence-electron chi connectivity index (χ3n) is 6.04. The molecule has 35 heavy (non-hydrogen) atoms. The molecule has 0 spiro atoms. The first-order valence-corrected chi connectivity index (χ1v) is 13.6. The summed E-state index contributed by atoms with van der Waals surface area (Å²) in [6.07, 6.45) is 0. The van der Waals surface area contributed by atoms with E-state index >= 15 is 0 Å². The van der Waals surface area contributed by atoms with E-state index in [1.165, 1.54) is 0 Å². The molecule has 0 radical (unpaired) electrons. The zero-order valence-corrected chi connectivity index (χ0v) is 21.7. The predicted molar refractivity (Wildman–Crippen MR) is 141 cm³/mol. The van der Waals surface area contributed by atoms with E-state index in [1.54, 1.807) is 0 Å². The first-order chi connectivity index (χ1) is 16.9. The summed E-state index contributed by atoms with van der Waals surface area (Å²) in [5.41, 5.74) is 3.77. The fourth-order valence-corrected chi connectivity index (χ4v) is 5.37. The van der Waals surface area contributed by atoms with Crippen molar-refractivity contribution < 1.29 is 13.4 Å². The van der Waals surface area contributed by atoms with Gasteiger partial charge in [-0.1, -0.05) is 35.4 Å². The van der Waals surface area contributed by atoms with Crippen molar-refractivity contribution in [3.05, 3.63) is 70.6 Å². The van der Waals surface area contributed by atoms with Gasteiger partial charge in [-0.25, -0.2) is 4.98 Å². The van der Waals surface area contributed by atoms with E-state index in [2.05, 4.69) is 26.2 Å². The summed E-state index contributed by atoms with van der Waals surface area (Å²) < 4.78 is 18.4. The van der Waals surface area contributed by atoms with Gasteiger partial charge in [-0.2, -0.15) is 0 Å². The molecule has 7 nitrogen and oxygen atoms in total. The third kappa shape index (κ3) is 7.16. The summed E-state index contributed by atoms with van der Waals surface area (Å²) in [5.74, 6) is 1.08. The van der Waals surface area contributed by atoms with Crippen molar-refractivity contribution in [1.29, 1.82) is 0 Å². The summed E-state index contributed by atoms with van der Waals surface area (Å²) in [5, 5.41) is 3.65. The lowest BCUT2D eigenvalue weighted by atomic mass is 10.1.